The van der Waals surface area contributed by atoms with E-state index >= 15 is 0 Å². The van der Waals surface area contributed by atoms with Gasteiger partial charge in [-0.2, -0.15) is 0 Å². The minimum Gasteiger partial charge on any atom is -0.493 e. The van der Waals surface area contributed by atoms with E-state index in [0.29, 0.717) is 48.0 Å². The maximum Gasteiger partial charge on any atom is 0.203 e. The van der Waals surface area contributed by atoms with Crippen LogP contribution in [0.5, 0.6) is 28.7 Å². The zero-order chi connectivity index (χ0) is 26.9. The molecular formula is C30H41NO6. The Morgan fingerprint density at radius 3 is 1.92 bits per heavy atom. The van der Waals surface area contributed by atoms with Crippen LogP contribution < -0.4 is 29.0 Å². The summed E-state index contributed by atoms with van der Waals surface area (Å²) in [5.41, 5.74) is 6.72. The van der Waals surface area contributed by atoms with Gasteiger partial charge in [-0.3, -0.25) is 0 Å². The summed E-state index contributed by atoms with van der Waals surface area (Å²) in [7, 11) is 10.2. The number of fused-ring (bicyclic) bond motifs is 1. The lowest BCUT2D eigenvalue weighted by Crippen LogP contribution is -2.30. The average molecular weight is 512 g/mol. The average Bonchev–Trinajstić information content (AvgIpc) is 3.17. The first-order valence-corrected chi connectivity index (χ1v) is 12.7. The Morgan fingerprint density at radius 2 is 1.41 bits per heavy atom. The highest BCUT2D eigenvalue weighted by Crippen LogP contribution is 2.48. The van der Waals surface area contributed by atoms with Gasteiger partial charge in [-0.25, -0.2) is 0 Å². The third-order valence-corrected chi connectivity index (χ3v) is 6.85. The maximum absolute atomic E-state index is 6.09. The summed E-state index contributed by atoms with van der Waals surface area (Å²) in [6, 6.07) is 8.39. The van der Waals surface area contributed by atoms with E-state index in [2.05, 4.69) is 31.3 Å². The van der Waals surface area contributed by atoms with Gasteiger partial charge in [0.2, 0.25) is 5.75 Å². The summed E-state index contributed by atoms with van der Waals surface area (Å²) in [4.78, 5) is 0. The lowest BCUT2D eigenvalue weighted by atomic mass is 9.99. The minimum atomic E-state index is 0.371. The third-order valence-electron chi connectivity index (χ3n) is 6.85. The van der Waals surface area contributed by atoms with E-state index in [9.17, 15) is 0 Å². The molecule has 0 spiro atoms. The molecule has 0 fully saturated rings. The van der Waals surface area contributed by atoms with E-state index in [1.54, 1.807) is 35.5 Å². The van der Waals surface area contributed by atoms with Crippen molar-refractivity contribution in [1.29, 1.82) is 0 Å². The van der Waals surface area contributed by atoms with Crippen LogP contribution >= 0.6 is 0 Å². The fourth-order valence-corrected chi connectivity index (χ4v) is 4.84. The van der Waals surface area contributed by atoms with Crippen molar-refractivity contribution in [2.24, 2.45) is 0 Å². The Hall–Kier alpha value is -3.16. The van der Waals surface area contributed by atoms with Crippen LogP contribution in [0.15, 0.2) is 29.8 Å². The molecule has 37 heavy (non-hydrogen) atoms. The number of rotatable bonds is 14. The minimum absolute atomic E-state index is 0.371. The zero-order valence-electron chi connectivity index (χ0n) is 23.4. The molecule has 7 heteroatoms. The molecule has 1 N–H and O–H groups in total. The molecule has 0 heterocycles. The number of likely N-dealkylation sites (N-methyl/N-ethyl adjacent to an activating group) is 1. The van der Waals surface area contributed by atoms with Gasteiger partial charge in [0.1, 0.15) is 0 Å². The topological polar surface area (TPSA) is 67.4 Å². The standard InChI is InChI=1S/C30H41NO6/c1-9-10-21(31-3)18-37-12-11-22-19(2)23(25-17-27(33-5)26(32-4)16-24(22)25)13-20-14-28(34-6)30(36-8)29(15-20)35-7/h13-17,21,31H,9-12,18H2,1-8H3/b23-13-. The molecule has 0 radical (unpaired) electrons. The van der Waals surface area contributed by atoms with Crippen molar-refractivity contribution in [3.63, 3.8) is 0 Å². The molecule has 1 aliphatic rings. The molecule has 7 nitrogen and oxygen atoms in total. The normalized spacial score (nSPS) is 14.5. The van der Waals surface area contributed by atoms with E-state index in [-0.39, 0.29) is 0 Å². The van der Waals surface area contributed by atoms with Crippen molar-refractivity contribution < 1.29 is 28.4 Å². The molecule has 3 rings (SSSR count). The SMILES string of the molecule is CCCC(COCCC1=C(C)/C(=C/c2cc(OC)c(OC)c(OC)c2)c2cc(OC)c(OC)cc21)NC. The molecule has 0 amide bonds. The van der Waals surface area contributed by atoms with Crippen LogP contribution in [0.3, 0.4) is 0 Å². The molecule has 0 saturated carbocycles. The van der Waals surface area contributed by atoms with Gasteiger partial charge in [0.15, 0.2) is 23.0 Å². The molecular weight excluding hydrogens is 470 g/mol. The Labute approximate surface area is 221 Å². The number of nitrogens with one attached hydrogen (secondary N) is 1. The van der Waals surface area contributed by atoms with Gasteiger partial charge in [-0.05, 0) is 90.6 Å². The number of ether oxygens (including phenoxy) is 6. The Balaban J connectivity index is 2.03. The van der Waals surface area contributed by atoms with Crippen LogP contribution in [0.2, 0.25) is 0 Å². The van der Waals surface area contributed by atoms with Crippen molar-refractivity contribution in [2.75, 3.05) is 55.8 Å². The number of allylic oxidation sites excluding steroid dienone is 2. The van der Waals surface area contributed by atoms with Crippen LogP contribution in [0.1, 0.15) is 49.8 Å². The van der Waals surface area contributed by atoms with Crippen LogP contribution in [0.25, 0.3) is 17.2 Å². The second-order valence-corrected chi connectivity index (χ2v) is 8.97. The number of benzene rings is 2. The van der Waals surface area contributed by atoms with E-state index in [1.165, 1.54) is 11.1 Å². The smallest absolute Gasteiger partial charge is 0.203 e. The van der Waals surface area contributed by atoms with Crippen LogP contribution in [-0.4, -0.2) is 61.9 Å². The molecule has 0 saturated heterocycles. The second-order valence-electron chi connectivity index (χ2n) is 8.97. The summed E-state index contributed by atoms with van der Waals surface area (Å²) in [5.74, 6) is 3.19. The van der Waals surface area contributed by atoms with Gasteiger partial charge < -0.3 is 33.7 Å². The molecule has 2 aromatic rings. The first kappa shape index (κ1) is 28.4. The number of hydrogen-bond acceptors (Lipinski definition) is 7. The van der Waals surface area contributed by atoms with E-state index < -0.39 is 0 Å². The van der Waals surface area contributed by atoms with Crippen molar-refractivity contribution in [3.05, 3.63) is 46.5 Å². The monoisotopic (exact) mass is 511 g/mol. The van der Waals surface area contributed by atoms with Gasteiger partial charge in [-0.1, -0.05) is 13.3 Å². The number of methoxy groups -OCH3 is 5. The molecule has 0 aliphatic heterocycles. The molecule has 0 bridgehead atoms. The first-order chi connectivity index (χ1) is 18.0. The summed E-state index contributed by atoms with van der Waals surface area (Å²) in [6.07, 6.45) is 5.17. The molecule has 1 atom stereocenters. The second kappa shape index (κ2) is 13.4. The largest absolute Gasteiger partial charge is 0.493 e. The Bertz CT molecular complexity index is 1110. The van der Waals surface area contributed by atoms with Gasteiger partial charge in [-0.15, -0.1) is 0 Å². The van der Waals surface area contributed by atoms with Crippen LogP contribution in [0.4, 0.5) is 0 Å². The molecule has 1 aliphatic carbocycles. The van der Waals surface area contributed by atoms with Gasteiger partial charge in [0.25, 0.3) is 0 Å². The summed E-state index contributed by atoms with van der Waals surface area (Å²) < 4.78 is 34.0. The fourth-order valence-electron chi connectivity index (χ4n) is 4.84. The van der Waals surface area contributed by atoms with E-state index in [4.69, 9.17) is 28.4 Å². The maximum atomic E-state index is 6.09. The number of hydrogen-bond donors (Lipinski definition) is 1. The molecule has 2 aromatic carbocycles. The van der Waals surface area contributed by atoms with Crippen molar-refractivity contribution in [2.45, 2.75) is 39.2 Å². The van der Waals surface area contributed by atoms with Gasteiger partial charge >= 0.3 is 0 Å². The van der Waals surface area contributed by atoms with Gasteiger partial charge in [0, 0.05) is 6.04 Å². The predicted octanol–water partition coefficient (Wildman–Crippen LogP) is 5.85. The van der Waals surface area contributed by atoms with E-state index in [0.717, 1.165) is 41.5 Å². The quantitative estimate of drug-likeness (QED) is 0.319. The van der Waals surface area contributed by atoms with Gasteiger partial charge in [0.05, 0.1) is 48.8 Å². The Morgan fingerprint density at radius 1 is 0.811 bits per heavy atom. The fraction of sp³-hybridized carbons (Fsp3) is 0.467. The van der Waals surface area contributed by atoms with Crippen molar-refractivity contribution in [1.82, 2.24) is 5.32 Å². The molecule has 1 unspecified atom stereocenters. The predicted molar refractivity (Wildman–Crippen MR) is 149 cm³/mol. The molecule has 202 valence electrons. The lowest BCUT2D eigenvalue weighted by molar-refractivity contribution is 0.115. The van der Waals surface area contributed by atoms with Crippen LogP contribution in [0, 0.1) is 0 Å². The third kappa shape index (κ3) is 6.22. The first-order valence-electron chi connectivity index (χ1n) is 12.7. The summed E-state index contributed by atoms with van der Waals surface area (Å²) in [6.45, 7) is 5.69. The highest BCUT2D eigenvalue weighted by molar-refractivity contribution is 6.06. The van der Waals surface area contributed by atoms with E-state index in [1.807, 2.05) is 25.2 Å². The highest BCUT2D eigenvalue weighted by atomic mass is 16.5. The summed E-state index contributed by atoms with van der Waals surface area (Å²) in [5, 5.41) is 3.34. The lowest BCUT2D eigenvalue weighted by Gasteiger charge is -2.16. The van der Waals surface area contributed by atoms with Crippen molar-refractivity contribution >= 4 is 17.2 Å². The zero-order valence-corrected chi connectivity index (χ0v) is 23.4. The van der Waals surface area contributed by atoms with Crippen LogP contribution in [-0.2, 0) is 4.74 Å². The summed E-state index contributed by atoms with van der Waals surface area (Å²) >= 11 is 0. The van der Waals surface area contributed by atoms with Crippen molar-refractivity contribution in [3.8, 4) is 28.7 Å². The highest BCUT2D eigenvalue weighted by Gasteiger charge is 2.26. The Kier molecular flexibility index (Phi) is 10.3. The molecule has 0 aromatic heterocycles.